The van der Waals surface area contributed by atoms with Gasteiger partial charge in [0, 0.05) is 5.56 Å². The van der Waals surface area contributed by atoms with Crippen molar-refractivity contribution in [1.29, 1.82) is 0 Å². The first-order valence-corrected chi connectivity index (χ1v) is 5.47. The highest BCUT2D eigenvalue weighted by atomic mass is 19.4. The van der Waals surface area contributed by atoms with Gasteiger partial charge in [-0.25, -0.2) is 0 Å². The monoisotopic (exact) mass is 261 g/mol. The van der Waals surface area contributed by atoms with Gasteiger partial charge in [0.05, 0.1) is 11.6 Å². The summed E-state index contributed by atoms with van der Waals surface area (Å²) in [5, 5.41) is 9.98. The number of benzene rings is 1. The maximum atomic E-state index is 12.6. The first-order chi connectivity index (χ1) is 8.13. The first kappa shape index (κ1) is 13.2. The Hall–Kier alpha value is -1.27. The third kappa shape index (κ3) is 2.06. The molecule has 0 bridgehead atoms. The summed E-state index contributed by atoms with van der Waals surface area (Å²) in [5.41, 5.74) is 4.20. The first-order valence-electron chi connectivity index (χ1n) is 5.47. The van der Waals surface area contributed by atoms with Crippen LogP contribution in [0.3, 0.4) is 0 Å². The van der Waals surface area contributed by atoms with Crippen LogP contribution in [0.2, 0.25) is 0 Å². The predicted molar refractivity (Wildman–Crippen MR) is 59.1 cm³/mol. The molecule has 6 heteroatoms. The van der Waals surface area contributed by atoms with Crippen LogP contribution in [0.1, 0.15) is 31.1 Å². The fourth-order valence-corrected chi connectivity index (χ4v) is 1.97. The van der Waals surface area contributed by atoms with E-state index in [1.54, 1.807) is 13.8 Å². The maximum absolute atomic E-state index is 12.6. The quantitative estimate of drug-likeness (QED) is 0.753. The van der Waals surface area contributed by atoms with Gasteiger partial charge in [-0.05, 0) is 32.0 Å². The molecule has 100 valence electrons. The molecule has 0 saturated carbocycles. The Labute approximate surface area is 102 Å². The summed E-state index contributed by atoms with van der Waals surface area (Å²) in [7, 11) is 0. The van der Waals surface area contributed by atoms with Crippen molar-refractivity contribution in [3.63, 3.8) is 0 Å². The molecule has 1 aliphatic heterocycles. The molecular weight excluding hydrogens is 247 g/mol. The number of nitrogens with two attached hydrogens (primary N) is 1. The van der Waals surface area contributed by atoms with Gasteiger partial charge in [0.1, 0.15) is 17.5 Å². The minimum atomic E-state index is -4.45. The molecular formula is C12H14F3NO2. The van der Waals surface area contributed by atoms with Crippen molar-refractivity contribution in [2.75, 3.05) is 0 Å². The number of alkyl halides is 3. The van der Waals surface area contributed by atoms with Crippen LogP contribution in [0, 0.1) is 0 Å². The van der Waals surface area contributed by atoms with E-state index in [9.17, 15) is 18.3 Å². The van der Waals surface area contributed by atoms with Crippen LogP contribution in [-0.4, -0.2) is 16.7 Å². The molecule has 0 aliphatic carbocycles. The van der Waals surface area contributed by atoms with Crippen LogP contribution in [0.15, 0.2) is 18.2 Å². The lowest BCUT2D eigenvalue weighted by molar-refractivity contribution is -0.137. The van der Waals surface area contributed by atoms with Gasteiger partial charge in [-0.3, -0.25) is 0 Å². The minimum absolute atomic E-state index is 0.0802. The van der Waals surface area contributed by atoms with E-state index in [4.69, 9.17) is 10.5 Å². The van der Waals surface area contributed by atoms with E-state index in [2.05, 4.69) is 0 Å². The average Bonchev–Trinajstić information content (AvgIpc) is 2.24. The Morgan fingerprint density at radius 3 is 2.50 bits per heavy atom. The summed E-state index contributed by atoms with van der Waals surface area (Å²) in [5.74, 6) is 0.238. The second-order valence-corrected chi connectivity index (χ2v) is 4.93. The lowest BCUT2D eigenvalue weighted by Gasteiger charge is -2.41. The SMILES string of the molecule is CC1(C)Oc2ccc(C(F)(F)F)cc2[C@@H](O)[C@@H]1N. The average molecular weight is 261 g/mol. The van der Waals surface area contributed by atoms with Crippen LogP contribution >= 0.6 is 0 Å². The van der Waals surface area contributed by atoms with Gasteiger partial charge in [0.25, 0.3) is 0 Å². The van der Waals surface area contributed by atoms with E-state index in [0.717, 1.165) is 12.1 Å². The second kappa shape index (κ2) is 3.86. The van der Waals surface area contributed by atoms with Crippen LogP contribution < -0.4 is 10.5 Å². The van der Waals surface area contributed by atoms with Crippen molar-refractivity contribution in [3.05, 3.63) is 29.3 Å². The van der Waals surface area contributed by atoms with Crippen LogP contribution in [0.25, 0.3) is 0 Å². The Morgan fingerprint density at radius 1 is 1.33 bits per heavy atom. The zero-order valence-electron chi connectivity index (χ0n) is 9.95. The molecule has 0 aromatic heterocycles. The van der Waals surface area contributed by atoms with Crippen LogP contribution in [0.4, 0.5) is 13.2 Å². The van der Waals surface area contributed by atoms with E-state index in [0.29, 0.717) is 0 Å². The summed E-state index contributed by atoms with van der Waals surface area (Å²) in [6, 6.07) is 2.25. The van der Waals surface area contributed by atoms with Crippen LogP contribution in [0.5, 0.6) is 5.75 Å². The molecule has 0 saturated heterocycles. The largest absolute Gasteiger partial charge is 0.486 e. The number of fused-ring (bicyclic) bond motifs is 1. The van der Waals surface area contributed by atoms with Gasteiger partial charge in [0.2, 0.25) is 0 Å². The molecule has 0 amide bonds. The van der Waals surface area contributed by atoms with Crippen molar-refractivity contribution >= 4 is 0 Å². The van der Waals surface area contributed by atoms with Crippen molar-refractivity contribution in [1.82, 2.24) is 0 Å². The van der Waals surface area contributed by atoms with Gasteiger partial charge in [-0.2, -0.15) is 13.2 Å². The highest BCUT2D eigenvalue weighted by Gasteiger charge is 2.42. The van der Waals surface area contributed by atoms with E-state index < -0.39 is 29.5 Å². The Balaban J connectivity index is 2.49. The second-order valence-electron chi connectivity index (χ2n) is 4.93. The molecule has 1 heterocycles. The number of halogens is 3. The minimum Gasteiger partial charge on any atom is -0.486 e. The molecule has 1 aliphatic rings. The molecule has 0 spiro atoms. The van der Waals surface area contributed by atoms with Crippen molar-refractivity contribution in [2.24, 2.45) is 5.73 Å². The summed E-state index contributed by atoms with van der Waals surface area (Å²) in [6.07, 6.45) is -5.63. The van der Waals surface area contributed by atoms with Gasteiger partial charge in [-0.15, -0.1) is 0 Å². The number of hydrogen-bond donors (Lipinski definition) is 2. The molecule has 1 aromatic carbocycles. The molecule has 3 N–H and O–H groups in total. The summed E-state index contributed by atoms with van der Waals surface area (Å²) < 4.78 is 43.3. The van der Waals surface area contributed by atoms with Gasteiger partial charge >= 0.3 is 6.18 Å². The van der Waals surface area contributed by atoms with Crippen molar-refractivity contribution in [3.8, 4) is 5.75 Å². The normalized spacial score (nSPS) is 26.4. The fraction of sp³-hybridized carbons (Fsp3) is 0.500. The lowest BCUT2D eigenvalue weighted by Crippen LogP contribution is -2.54. The van der Waals surface area contributed by atoms with Crippen LogP contribution in [-0.2, 0) is 6.18 Å². The third-order valence-corrected chi connectivity index (χ3v) is 3.17. The fourth-order valence-electron chi connectivity index (χ4n) is 1.97. The van der Waals surface area contributed by atoms with E-state index >= 15 is 0 Å². The Morgan fingerprint density at radius 2 is 1.94 bits per heavy atom. The number of rotatable bonds is 0. The topological polar surface area (TPSA) is 55.5 Å². The maximum Gasteiger partial charge on any atom is 0.416 e. The molecule has 18 heavy (non-hydrogen) atoms. The lowest BCUT2D eigenvalue weighted by atomic mass is 9.86. The number of hydrogen-bond acceptors (Lipinski definition) is 3. The highest BCUT2D eigenvalue weighted by Crippen LogP contribution is 2.41. The van der Waals surface area contributed by atoms with Crippen molar-refractivity contribution < 1.29 is 23.0 Å². The smallest absolute Gasteiger partial charge is 0.416 e. The van der Waals surface area contributed by atoms with Crippen molar-refractivity contribution in [2.45, 2.75) is 37.8 Å². The standard InChI is InChI=1S/C12H14F3NO2/c1-11(2)10(16)9(17)7-5-6(12(13,14)15)3-4-8(7)18-11/h3-5,9-10,17H,16H2,1-2H3/t9-,10+/m1/s1. The molecule has 2 rings (SSSR count). The third-order valence-electron chi connectivity index (χ3n) is 3.17. The van der Waals surface area contributed by atoms with Gasteiger partial charge < -0.3 is 15.6 Å². The highest BCUT2D eigenvalue weighted by molar-refractivity contribution is 5.43. The van der Waals surface area contributed by atoms with Gasteiger partial charge in [-0.1, -0.05) is 0 Å². The predicted octanol–water partition coefficient (Wildman–Crippen LogP) is 2.24. The summed E-state index contributed by atoms with van der Waals surface area (Å²) in [6.45, 7) is 3.36. The number of ether oxygens (including phenoxy) is 1. The molecule has 3 nitrogen and oxygen atoms in total. The molecule has 0 unspecified atom stereocenters. The summed E-state index contributed by atoms with van der Waals surface area (Å²) >= 11 is 0. The zero-order chi connectivity index (χ0) is 13.7. The zero-order valence-corrected chi connectivity index (χ0v) is 9.95. The molecule has 1 aromatic rings. The molecule has 0 radical (unpaired) electrons. The Bertz CT molecular complexity index is 471. The number of aliphatic hydroxyl groups excluding tert-OH is 1. The van der Waals surface area contributed by atoms with E-state index in [1.165, 1.54) is 6.07 Å². The summed E-state index contributed by atoms with van der Waals surface area (Å²) in [4.78, 5) is 0. The van der Waals surface area contributed by atoms with E-state index in [-0.39, 0.29) is 11.3 Å². The molecule has 2 atom stereocenters. The van der Waals surface area contributed by atoms with E-state index in [1.807, 2.05) is 0 Å². The molecule has 0 fully saturated rings. The number of aliphatic hydroxyl groups is 1. The van der Waals surface area contributed by atoms with Gasteiger partial charge in [0.15, 0.2) is 0 Å². The Kier molecular flexibility index (Phi) is 2.82.